The molecule has 0 aliphatic heterocycles. The summed E-state index contributed by atoms with van der Waals surface area (Å²) in [4.78, 5) is 4.09. The molecule has 0 aliphatic rings. The Hall–Kier alpha value is -1.57. The zero-order valence-electron chi connectivity index (χ0n) is 9.22. The smallest absolute Gasteiger partial charge is 0.0951 e. The summed E-state index contributed by atoms with van der Waals surface area (Å²) in [5.74, 6) is 0. The van der Waals surface area contributed by atoms with Crippen LogP contribution in [-0.2, 0) is 12.0 Å². The molecule has 0 N–H and O–H groups in total. The monoisotopic (exact) mass is 200 g/mol. The number of aromatic nitrogens is 2. The van der Waals surface area contributed by atoms with Crippen LogP contribution in [0.25, 0.3) is 0 Å². The maximum atomic E-state index is 4.09. The van der Waals surface area contributed by atoms with E-state index < -0.39 is 0 Å². The van der Waals surface area contributed by atoms with Crippen molar-refractivity contribution in [2.75, 3.05) is 0 Å². The van der Waals surface area contributed by atoms with Gasteiger partial charge in [-0.15, -0.1) is 0 Å². The molecule has 2 nitrogen and oxygen atoms in total. The predicted octanol–water partition coefficient (Wildman–Crippen LogP) is 2.86. The summed E-state index contributed by atoms with van der Waals surface area (Å²) in [5, 5.41) is 0. The molecule has 15 heavy (non-hydrogen) atoms. The van der Waals surface area contributed by atoms with E-state index in [9.17, 15) is 0 Å². The lowest BCUT2D eigenvalue weighted by molar-refractivity contribution is 0.352. The lowest BCUT2D eigenvalue weighted by Gasteiger charge is -2.26. The molecule has 0 saturated carbocycles. The van der Waals surface area contributed by atoms with Crippen molar-refractivity contribution < 1.29 is 0 Å². The third-order valence-electron chi connectivity index (χ3n) is 2.68. The molecule has 0 fully saturated rings. The second kappa shape index (κ2) is 3.89. The lowest BCUT2D eigenvalue weighted by atomic mass is 9.95. The van der Waals surface area contributed by atoms with Gasteiger partial charge in [-0.3, -0.25) is 0 Å². The van der Waals surface area contributed by atoms with E-state index >= 15 is 0 Å². The fraction of sp³-hybridized carbons (Fsp3) is 0.308. The maximum Gasteiger partial charge on any atom is 0.0951 e. The van der Waals surface area contributed by atoms with Crippen molar-refractivity contribution in [1.29, 1.82) is 0 Å². The van der Waals surface area contributed by atoms with Crippen molar-refractivity contribution in [2.24, 2.45) is 0 Å². The Kier molecular flexibility index (Phi) is 2.58. The Morgan fingerprint density at radius 1 is 1.20 bits per heavy atom. The summed E-state index contributed by atoms with van der Waals surface area (Å²) >= 11 is 0. The molecule has 0 bridgehead atoms. The van der Waals surface area contributed by atoms with Crippen molar-refractivity contribution in [1.82, 2.24) is 9.55 Å². The van der Waals surface area contributed by atoms with E-state index in [2.05, 4.69) is 47.7 Å². The van der Waals surface area contributed by atoms with Crippen molar-refractivity contribution in [3.63, 3.8) is 0 Å². The van der Waals surface area contributed by atoms with E-state index in [1.807, 2.05) is 24.8 Å². The van der Waals surface area contributed by atoms with Gasteiger partial charge in [-0.25, -0.2) is 4.98 Å². The van der Waals surface area contributed by atoms with E-state index in [1.54, 1.807) is 0 Å². The Morgan fingerprint density at radius 2 is 1.93 bits per heavy atom. The third kappa shape index (κ3) is 2.27. The predicted molar refractivity (Wildman–Crippen MR) is 61.7 cm³/mol. The standard InChI is InChI=1S/C13H16N2/c1-13(2,15-9-8-14-11-15)10-12-6-4-3-5-7-12/h3-9,11H,10H2,1-2H3. The Labute approximate surface area is 90.6 Å². The van der Waals surface area contributed by atoms with Gasteiger partial charge in [-0.2, -0.15) is 0 Å². The SMILES string of the molecule is CC(C)(Cc1ccccc1)n1ccnc1. The molecule has 1 aromatic heterocycles. The molecule has 2 aromatic rings. The van der Waals surface area contributed by atoms with Crippen molar-refractivity contribution >= 4 is 0 Å². The first-order chi connectivity index (χ1) is 7.18. The molecular formula is C13H16N2. The van der Waals surface area contributed by atoms with Gasteiger partial charge in [-0.05, 0) is 25.8 Å². The minimum absolute atomic E-state index is 0.0812. The van der Waals surface area contributed by atoms with E-state index in [-0.39, 0.29) is 5.54 Å². The summed E-state index contributed by atoms with van der Waals surface area (Å²) in [6.45, 7) is 4.45. The van der Waals surface area contributed by atoms with Crippen molar-refractivity contribution in [3.05, 3.63) is 54.6 Å². The molecule has 78 valence electrons. The minimum atomic E-state index is 0.0812. The van der Waals surface area contributed by atoms with Gasteiger partial charge in [0, 0.05) is 17.9 Å². The largest absolute Gasteiger partial charge is 0.332 e. The molecule has 2 rings (SSSR count). The normalized spacial score (nSPS) is 11.6. The van der Waals surface area contributed by atoms with Gasteiger partial charge in [0.1, 0.15) is 0 Å². The molecule has 0 radical (unpaired) electrons. The first kappa shape index (κ1) is 9.97. The van der Waals surface area contributed by atoms with Crippen molar-refractivity contribution in [3.8, 4) is 0 Å². The summed E-state index contributed by atoms with van der Waals surface area (Å²) in [6.07, 6.45) is 6.74. The van der Waals surface area contributed by atoms with Gasteiger partial charge < -0.3 is 4.57 Å². The highest BCUT2D eigenvalue weighted by atomic mass is 15.1. The van der Waals surface area contributed by atoms with Gasteiger partial charge in [-0.1, -0.05) is 30.3 Å². The maximum absolute atomic E-state index is 4.09. The van der Waals surface area contributed by atoms with Gasteiger partial charge >= 0.3 is 0 Å². The molecule has 0 amide bonds. The molecular weight excluding hydrogens is 184 g/mol. The Balaban J connectivity index is 2.18. The molecule has 0 spiro atoms. The first-order valence-electron chi connectivity index (χ1n) is 5.21. The van der Waals surface area contributed by atoms with Crippen LogP contribution in [0, 0.1) is 0 Å². The van der Waals surface area contributed by atoms with E-state index in [1.165, 1.54) is 5.56 Å². The second-order valence-corrected chi connectivity index (χ2v) is 4.44. The topological polar surface area (TPSA) is 17.8 Å². The molecule has 0 saturated heterocycles. The molecule has 0 aliphatic carbocycles. The Bertz CT molecular complexity index is 401. The average Bonchev–Trinajstić information content (AvgIpc) is 2.71. The van der Waals surface area contributed by atoms with Crippen molar-refractivity contribution in [2.45, 2.75) is 25.8 Å². The minimum Gasteiger partial charge on any atom is -0.332 e. The third-order valence-corrected chi connectivity index (χ3v) is 2.68. The van der Waals surface area contributed by atoms with Gasteiger partial charge in [0.15, 0.2) is 0 Å². The van der Waals surface area contributed by atoms with E-state index in [0.29, 0.717) is 0 Å². The zero-order valence-corrected chi connectivity index (χ0v) is 9.22. The van der Waals surface area contributed by atoms with Crippen LogP contribution in [0.1, 0.15) is 19.4 Å². The van der Waals surface area contributed by atoms with Gasteiger partial charge in [0.05, 0.1) is 6.33 Å². The second-order valence-electron chi connectivity index (χ2n) is 4.44. The summed E-state index contributed by atoms with van der Waals surface area (Å²) in [6, 6.07) is 10.5. The van der Waals surface area contributed by atoms with Crippen LogP contribution >= 0.6 is 0 Å². The van der Waals surface area contributed by atoms with Crippen LogP contribution in [0.2, 0.25) is 0 Å². The number of imidazole rings is 1. The molecule has 2 heteroatoms. The zero-order chi connectivity index (χ0) is 10.7. The fourth-order valence-corrected chi connectivity index (χ4v) is 1.80. The highest BCUT2D eigenvalue weighted by molar-refractivity contribution is 5.16. The number of rotatable bonds is 3. The van der Waals surface area contributed by atoms with Gasteiger partial charge in [0.2, 0.25) is 0 Å². The highest BCUT2D eigenvalue weighted by Gasteiger charge is 2.19. The van der Waals surface area contributed by atoms with E-state index in [4.69, 9.17) is 0 Å². The van der Waals surface area contributed by atoms with Crippen LogP contribution in [0.3, 0.4) is 0 Å². The number of hydrogen-bond acceptors (Lipinski definition) is 1. The summed E-state index contributed by atoms with van der Waals surface area (Å²) in [5.41, 5.74) is 1.44. The fourth-order valence-electron chi connectivity index (χ4n) is 1.80. The summed E-state index contributed by atoms with van der Waals surface area (Å²) in [7, 11) is 0. The van der Waals surface area contributed by atoms with E-state index in [0.717, 1.165) is 6.42 Å². The number of nitrogens with zero attached hydrogens (tertiary/aromatic N) is 2. The number of hydrogen-bond donors (Lipinski definition) is 0. The number of benzene rings is 1. The Morgan fingerprint density at radius 3 is 2.53 bits per heavy atom. The molecule has 0 unspecified atom stereocenters. The van der Waals surface area contributed by atoms with Crippen LogP contribution in [0.5, 0.6) is 0 Å². The van der Waals surface area contributed by atoms with Crippen LogP contribution in [0.4, 0.5) is 0 Å². The molecule has 1 heterocycles. The highest BCUT2D eigenvalue weighted by Crippen LogP contribution is 2.20. The van der Waals surface area contributed by atoms with Crippen LogP contribution in [0.15, 0.2) is 49.1 Å². The quantitative estimate of drug-likeness (QED) is 0.745. The lowest BCUT2D eigenvalue weighted by Crippen LogP contribution is -2.27. The average molecular weight is 200 g/mol. The first-order valence-corrected chi connectivity index (χ1v) is 5.21. The molecule has 1 aromatic carbocycles. The van der Waals surface area contributed by atoms with Crippen LogP contribution < -0.4 is 0 Å². The van der Waals surface area contributed by atoms with Gasteiger partial charge in [0.25, 0.3) is 0 Å². The molecule has 0 atom stereocenters. The van der Waals surface area contributed by atoms with Crippen LogP contribution in [-0.4, -0.2) is 9.55 Å². The summed E-state index contributed by atoms with van der Waals surface area (Å²) < 4.78 is 2.15.